The van der Waals surface area contributed by atoms with E-state index in [0.717, 1.165) is 34.5 Å². The van der Waals surface area contributed by atoms with Gasteiger partial charge in [-0.05, 0) is 46.9 Å². The molecule has 0 saturated heterocycles. The van der Waals surface area contributed by atoms with Gasteiger partial charge in [-0.1, -0.05) is 121 Å². The summed E-state index contributed by atoms with van der Waals surface area (Å²) in [7, 11) is 0. The van der Waals surface area contributed by atoms with Crippen LogP contribution in [0.5, 0.6) is 0 Å². The fourth-order valence-corrected chi connectivity index (χ4v) is 6.95. The summed E-state index contributed by atoms with van der Waals surface area (Å²) >= 11 is 1.80. The maximum Gasteiger partial charge on any atom is 0.176 e. The van der Waals surface area contributed by atoms with E-state index in [2.05, 4.69) is 54.6 Å². The fourth-order valence-electron chi connectivity index (χ4n) is 5.80. The van der Waals surface area contributed by atoms with E-state index in [1.807, 2.05) is 72.8 Å². The van der Waals surface area contributed by atoms with E-state index in [1.165, 1.54) is 20.9 Å². The molecular formula is C35H25NOS. The summed E-state index contributed by atoms with van der Waals surface area (Å²) in [6.45, 7) is 0. The second kappa shape index (κ2) is 9.59. The number of aliphatic imine (C=N–C) groups is 1. The molecule has 7 rings (SSSR count). The minimum atomic E-state index is -0.392. The van der Waals surface area contributed by atoms with Gasteiger partial charge in [0, 0.05) is 26.8 Å². The third-order valence-corrected chi connectivity index (χ3v) is 8.76. The molecule has 0 N–H and O–H groups in total. The Balaban J connectivity index is 1.42. The molecule has 38 heavy (non-hydrogen) atoms. The lowest BCUT2D eigenvalue weighted by molar-refractivity contribution is 0.0974. The molecule has 1 unspecified atom stereocenters. The van der Waals surface area contributed by atoms with Crippen LogP contribution in [0.2, 0.25) is 0 Å². The number of ketones is 1. The molecule has 0 amide bonds. The highest BCUT2D eigenvalue weighted by Gasteiger charge is 2.37. The Morgan fingerprint density at radius 3 is 1.97 bits per heavy atom. The molecule has 5 aromatic rings. The number of Topliss-reactive ketones (excluding diaryl/α,β-unsaturated/α-hetero) is 1. The van der Waals surface area contributed by atoms with Gasteiger partial charge in [0.15, 0.2) is 5.78 Å². The van der Waals surface area contributed by atoms with Gasteiger partial charge in [-0.2, -0.15) is 0 Å². The molecule has 0 aromatic heterocycles. The zero-order valence-electron chi connectivity index (χ0n) is 20.7. The minimum Gasteiger partial charge on any atom is -0.293 e. The summed E-state index contributed by atoms with van der Waals surface area (Å²) in [5.74, 6) is -0.196. The van der Waals surface area contributed by atoms with Crippen LogP contribution in [0.4, 0.5) is 5.69 Å². The lowest BCUT2D eigenvalue weighted by Crippen LogP contribution is -2.15. The predicted molar refractivity (Wildman–Crippen MR) is 155 cm³/mol. The van der Waals surface area contributed by atoms with E-state index in [9.17, 15) is 4.79 Å². The Morgan fingerprint density at radius 1 is 0.684 bits per heavy atom. The molecule has 0 saturated carbocycles. The van der Waals surface area contributed by atoms with Crippen LogP contribution in [0, 0.1) is 0 Å². The second-order valence-electron chi connectivity index (χ2n) is 9.82. The molecule has 0 fully saturated rings. The van der Waals surface area contributed by atoms with Crippen molar-refractivity contribution in [2.75, 3.05) is 0 Å². The lowest BCUT2D eigenvalue weighted by atomic mass is 9.82. The summed E-state index contributed by atoms with van der Waals surface area (Å²) in [5.41, 5.74) is 8.21. The van der Waals surface area contributed by atoms with Gasteiger partial charge < -0.3 is 0 Å². The molecule has 0 aliphatic carbocycles. The van der Waals surface area contributed by atoms with Gasteiger partial charge in [-0.15, -0.1) is 0 Å². The molecule has 0 bridgehead atoms. The normalized spacial score (nSPS) is 15.4. The molecule has 0 spiro atoms. The van der Waals surface area contributed by atoms with Crippen LogP contribution < -0.4 is 0 Å². The second-order valence-corrected chi connectivity index (χ2v) is 10.9. The highest BCUT2D eigenvalue weighted by atomic mass is 32.2. The Bertz CT molecular complexity index is 1640. The monoisotopic (exact) mass is 507 g/mol. The van der Waals surface area contributed by atoms with Crippen molar-refractivity contribution in [2.24, 2.45) is 4.99 Å². The van der Waals surface area contributed by atoms with E-state index in [4.69, 9.17) is 4.99 Å². The van der Waals surface area contributed by atoms with Crippen LogP contribution in [0.25, 0.3) is 0 Å². The molecule has 1 atom stereocenters. The van der Waals surface area contributed by atoms with E-state index in [-0.39, 0.29) is 11.7 Å². The van der Waals surface area contributed by atoms with Gasteiger partial charge in [0.25, 0.3) is 0 Å². The molecule has 2 aliphatic rings. The summed E-state index contributed by atoms with van der Waals surface area (Å²) in [5, 5.41) is 0. The lowest BCUT2D eigenvalue weighted by Gasteiger charge is -2.19. The van der Waals surface area contributed by atoms with Gasteiger partial charge in [0.2, 0.25) is 0 Å². The zero-order valence-corrected chi connectivity index (χ0v) is 21.6. The maximum atomic E-state index is 14.5. The van der Waals surface area contributed by atoms with E-state index in [1.54, 1.807) is 11.8 Å². The first-order chi connectivity index (χ1) is 18.8. The van der Waals surface area contributed by atoms with Crippen LogP contribution >= 0.6 is 11.8 Å². The van der Waals surface area contributed by atoms with Gasteiger partial charge in [0.05, 0.1) is 17.3 Å². The third-order valence-electron chi connectivity index (χ3n) is 7.57. The predicted octanol–water partition coefficient (Wildman–Crippen LogP) is 8.63. The van der Waals surface area contributed by atoms with Crippen molar-refractivity contribution in [3.63, 3.8) is 0 Å². The van der Waals surface area contributed by atoms with Gasteiger partial charge in [-0.25, -0.2) is 0 Å². The largest absolute Gasteiger partial charge is 0.293 e. The maximum absolute atomic E-state index is 14.5. The molecule has 0 radical (unpaired) electrons. The van der Waals surface area contributed by atoms with Crippen LogP contribution in [-0.2, 0) is 6.42 Å². The summed E-state index contributed by atoms with van der Waals surface area (Å²) in [4.78, 5) is 22.2. The smallest absolute Gasteiger partial charge is 0.176 e. The molecule has 182 valence electrons. The first-order valence-electron chi connectivity index (χ1n) is 13.0. The van der Waals surface area contributed by atoms with Crippen LogP contribution in [0.3, 0.4) is 0 Å². The number of fused-ring (bicyclic) bond motifs is 1. The van der Waals surface area contributed by atoms with Gasteiger partial charge in [0.1, 0.15) is 0 Å². The third kappa shape index (κ3) is 3.91. The van der Waals surface area contributed by atoms with Crippen LogP contribution in [-0.4, -0.2) is 11.5 Å². The van der Waals surface area contributed by atoms with Gasteiger partial charge >= 0.3 is 0 Å². The number of nitrogens with zero attached hydrogens (tertiary/aromatic N) is 1. The standard InChI is InChI=1S/C35H25NOS/c37-35(31(23-12-4-1-5-13-23)24-14-6-2-7-15-24)27-20-21-30-32-28(22-26-18-10-11-19-29(26)38-30)33(36-34(27)32)25-16-8-3-9-17-25/h1-21,28,31H,22H2. The zero-order chi connectivity index (χ0) is 25.5. The first-order valence-corrected chi connectivity index (χ1v) is 13.8. The van der Waals surface area contributed by atoms with Crippen LogP contribution in [0.1, 0.15) is 50.0 Å². The van der Waals surface area contributed by atoms with Gasteiger partial charge in [-0.3, -0.25) is 9.79 Å². The van der Waals surface area contributed by atoms with Crippen molar-refractivity contribution in [2.45, 2.75) is 28.0 Å². The average Bonchev–Trinajstić information content (AvgIpc) is 3.26. The molecule has 2 aliphatic heterocycles. The van der Waals surface area contributed by atoms with E-state index < -0.39 is 5.92 Å². The average molecular weight is 508 g/mol. The Labute approximate surface area is 227 Å². The SMILES string of the molecule is O=C(c1ccc2c3c1N=C(c1ccccc1)C3Cc1ccccc1S2)C(c1ccccc1)c1ccccc1. The van der Waals surface area contributed by atoms with Crippen molar-refractivity contribution in [1.82, 2.24) is 0 Å². The topological polar surface area (TPSA) is 29.4 Å². The summed E-state index contributed by atoms with van der Waals surface area (Å²) in [6.07, 6.45) is 0.870. The van der Waals surface area contributed by atoms with Crippen LogP contribution in [0.15, 0.2) is 142 Å². The van der Waals surface area contributed by atoms with Crippen molar-refractivity contribution < 1.29 is 4.79 Å². The number of carbonyl (C=O) groups is 1. The molecule has 2 nitrogen and oxygen atoms in total. The van der Waals surface area contributed by atoms with E-state index >= 15 is 0 Å². The molecule has 3 heteroatoms. The van der Waals surface area contributed by atoms with Crippen molar-refractivity contribution in [3.8, 4) is 0 Å². The number of hydrogen-bond donors (Lipinski definition) is 0. The number of carbonyl (C=O) groups excluding carboxylic acids is 1. The Hall–Kier alpha value is -4.21. The van der Waals surface area contributed by atoms with Crippen molar-refractivity contribution >= 4 is 28.9 Å². The Morgan fingerprint density at radius 2 is 1.29 bits per heavy atom. The quantitative estimate of drug-likeness (QED) is 0.223. The number of hydrogen-bond acceptors (Lipinski definition) is 3. The van der Waals surface area contributed by atoms with E-state index in [0.29, 0.717) is 5.56 Å². The molecule has 2 heterocycles. The number of rotatable bonds is 5. The van der Waals surface area contributed by atoms with Crippen molar-refractivity contribution in [1.29, 1.82) is 0 Å². The summed E-state index contributed by atoms with van der Waals surface area (Å²) in [6, 6.07) is 43.4. The molecular weight excluding hydrogens is 482 g/mol. The first kappa shape index (κ1) is 22.9. The Kier molecular flexibility index (Phi) is 5.79. The fraction of sp³-hybridized carbons (Fsp3) is 0.0857. The number of benzene rings is 5. The highest BCUT2D eigenvalue weighted by molar-refractivity contribution is 7.99. The minimum absolute atomic E-state index is 0.0868. The highest BCUT2D eigenvalue weighted by Crippen LogP contribution is 2.52. The van der Waals surface area contributed by atoms with Crippen molar-refractivity contribution in [3.05, 3.63) is 161 Å². The summed E-state index contributed by atoms with van der Waals surface area (Å²) < 4.78 is 0. The molecule has 5 aromatic carbocycles.